The van der Waals surface area contributed by atoms with E-state index in [2.05, 4.69) is 15.2 Å². The zero-order chi connectivity index (χ0) is 15.7. The van der Waals surface area contributed by atoms with Crippen molar-refractivity contribution >= 4 is 17.5 Å². The number of carbonyl (C=O) groups excluding carboxylic acids is 1. The van der Waals surface area contributed by atoms with Crippen molar-refractivity contribution in [3.05, 3.63) is 34.8 Å². The van der Waals surface area contributed by atoms with Crippen LogP contribution in [0.2, 0.25) is 5.02 Å². The van der Waals surface area contributed by atoms with Gasteiger partial charge in [-0.25, -0.2) is 0 Å². The molecule has 1 amide bonds. The lowest BCUT2D eigenvalue weighted by molar-refractivity contribution is -0.0110. The molecule has 7 nitrogen and oxygen atoms in total. The number of H-pyrrole nitrogens is 1. The molecule has 0 unspecified atom stereocenters. The van der Waals surface area contributed by atoms with Gasteiger partial charge in [0.2, 0.25) is 11.8 Å². The Labute approximate surface area is 132 Å². The van der Waals surface area contributed by atoms with Crippen LogP contribution < -0.4 is 0 Å². The standard InChI is InChI=1S/C14H17ClN4O3/c1-8(2)12-17-18-13(22-12)11-7-21-4-3-19(11)14(20)10-5-9(15)6-16-10/h5-6,8,11,16H,3-4,7H2,1-2H3/t11-/m1/s1. The summed E-state index contributed by atoms with van der Waals surface area (Å²) in [6.45, 7) is 5.21. The number of amides is 1. The number of rotatable bonds is 3. The number of nitrogens with zero attached hydrogens (tertiary/aromatic N) is 3. The van der Waals surface area contributed by atoms with Gasteiger partial charge < -0.3 is 19.0 Å². The number of hydrogen-bond acceptors (Lipinski definition) is 5. The lowest BCUT2D eigenvalue weighted by Crippen LogP contribution is -2.43. The van der Waals surface area contributed by atoms with Gasteiger partial charge in [-0.2, -0.15) is 0 Å². The maximum atomic E-state index is 12.6. The van der Waals surface area contributed by atoms with E-state index in [1.54, 1.807) is 17.2 Å². The molecule has 3 heterocycles. The first-order valence-corrected chi connectivity index (χ1v) is 7.50. The molecule has 2 aromatic heterocycles. The van der Waals surface area contributed by atoms with E-state index >= 15 is 0 Å². The second kappa shape index (κ2) is 6.10. The van der Waals surface area contributed by atoms with Crippen LogP contribution in [0.15, 0.2) is 16.7 Å². The van der Waals surface area contributed by atoms with Gasteiger partial charge in [-0.1, -0.05) is 25.4 Å². The first kappa shape index (κ1) is 15.1. The zero-order valence-electron chi connectivity index (χ0n) is 12.4. The van der Waals surface area contributed by atoms with Crippen LogP contribution in [0, 0.1) is 0 Å². The number of carbonyl (C=O) groups is 1. The fourth-order valence-corrected chi connectivity index (χ4v) is 2.48. The summed E-state index contributed by atoms with van der Waals surface area (Å²) in [4.78, 5) is 17.2. The predicted octanol–water partition coefficient (Wildman–Crippen LogP) is 2.39. The van der Waals surface area contributed by atoms with Crippen molar-refractivity contribution in [3.8, 4) is 0 Å². The van der Waals surface area contributed by atoms with Crippen LogP contribution in [-0.2, 0) is 4.74 Å². The summed E-state index contributed by atoms with van der Waals surface area (Å²) in [5, 5.41) is 8.58. The van der Waals surface area contributed by atoms with Crippen LogP contribution in [-0.4, -0.2) is 45.7 Å². The Kier molecular flexibility index (Phi) is 4.17. The van der Waals surface area contributed by atoms with Crippen molar-refractivity contribution in [2.45, 2.75) is 25.8 Å². The molecule has 0 radical (unpaired) electrons. The molecule has 1 saturated heterocycles. The second-order valence-corrected chi connectivity index (χ2v) is 5.89. The summed E-state index contributed by atoms with van der Waals surface area (Å²) in [5.41, 5.74) is 0.431. The van der Waals surface area contributed by atoms with Gasteiger partial charge in [0, 0.05) is 18.7 Å². The van der Waals surface area contributed by atoms with E-state index in [0.717, 1.165) is 0 Å². The summed E-state index contributed by atoms with van der Waals surface area (Å²) >= 11 is 5.87. The fourth-order valence-electron chi connectivity index (χ4n) is 2.31. The fraction of sp³-hybridized carbons (Fsp3) is 0.500. The first-order chi connectivity index (χ1) is 10.6. The van der Waals surface area contributed by atoms with E-state index in [1.165, 1.54) is 0 Å². The smallest absolute Gasteiger partial charge is 0.271 e. The second-order valence-electron chi connectivity index (χ2n) is 5.45. The van der Waals surface area contributed by atoms with Crippen molar-refractivity contribution in [3.63, 3.8) is 0 Å². The average Bonchev–Trinajstić information content (AvgIpc) is 3.15. The molecule has 2 aromatic rings. The molecule has 22 heavy (non-hydrogen) atoms. The van der Waals surface area contributed by atoms with Crippen molar-refractivity contribution in [1.29, 1.82) is 0 Å². The lowest BCUT2D eigenvalue weighted by Gasteiger charge is -2.33. The minimum atomic E-state index is -0.386. The van der Waals surface area contributed by atoms with Crippen LogP contribution in [0.4, 0.5) is 0 Å². The number of morpholine rings is 1. The minimum absolute atomic E-state index is 0.136. The van der Waals surface area contributed by atoms with Crippen molar-refractivity contribution < 1.29 is 13.9 Å². The van der Waals surface area contributed by atoms with E-state index in [4.69, 9.17) is 20.8 Å². The maximum absolute atomic E-state index is 12.6. The van der Waals surface area contributed by atoms with Gasteiger partial charge in [-0.15, -0.1) is 10.2 Å². The Morgan fingerprint density at radius 1 is 1.50 bits per heavy atom. The largest absolute Gasteiger partial charge is 0.423 e. The third-order valence-electron chi connectivity index (χ3n) is 3.50. The van der Waals surface area contributed by atoms with Crippen LogP contribution in [0.3, 0.4) is 0 Å². The van der Waals surface area contributed by atoms with Crippen LogP contribution in [0.1, 0.15) is 48.1 Å². The van der Waals surface area contributed by atoms with Crippen molar-refractivity contribution in [1.82, 2.24) is 20.1 Å². The molecule has 0 saturated carbocycles. The van der Waals surface area contributed by atoms with Gasteiger partial charge in [0.1, 0.15) is 11.7 Å². The van der Waals surface area contributed by atoms with Gasteiger partial charge in [-0.05, 0) is 6.07 Å². The highest BCUT2D eigenvalue weighted by Gasteiger charge is 2.34. The SMILES string of the molecule is CC(C)c1nnc([C@H]2COCCN2C(=O)c2cc(Cl)c[nH]2)o1. The maximum Gasteiger partial charge on any atom is 0.271 e. The van der Waals surface area contributed by atoms with Crippen LogP contribution in [0.5, 0.6) is 0 Å². The van der Waals surface area contributed by atoms with Gasteiger partial charge >= 0.3 is 0 Å². The van der Waals surface area contributed by atoms with Crippen molar-refractivity contribution in [2.24, 2.45) is 0 Å². The normalized spacial score (nSPS) is 18.9. The van der Waals surface area contributed by atoms with Gasteiger partial charge in [0.15, 0.2) is 0 Å². The quantitative estimate of drug-likeness (QED) is 0.937. The summed E-state index contributed by atoms with van der Waals surface area (Å²) in [6, 6.07) is 1.22. The Morgan fingerprint density at radius 2 is 2.32 bits per heavy atom. The molecule has 1 aliphatic rings. The molecule has 1 atom stereocenters. The number of aromatic nitrogens is 3. The van der Waals surface area contributed by atoms with Gasteiger partial charge in [0.05, 0.1) is 18.2 Å². The van der Waals surface area contributed by atoms with Crippen LogP contribution >= 0.6 is 11.6 Å². The molecule has 1 N–H and O–H groups in total. The highest BCUT2D eigenvalue weighted by molar-refractivity contribution is 6.30. The monoisotopic (exact) mass is 324 g/mol. The number of aromatic amines is 1. The van der Waals surface area contributed by atoms with E-state index in [9.17, 15) is 4.79 Å². The number of halogens is 1. The zero-order valence-corrected chi connectivity index (χ0v) is 13.1. The third kappa shape index (κ3) is 2.86. The first-order valence-electron chi connectivity index (χ1n) is 7.12. The van der Waals surface area contributed by atoms with E-state index < -0.39 is 0 Å². The Bertz CT molecular complexity index is 667. The Hall–Kier alpha value is -1.86. The molecule has 0 aromatic carbocycles. The lowest BCUT2D eigenvalue weighted by atomic mass is 10.2. The molecule has 0 spiro atoms. The van der Waals surface area contributed by atoms with Crippen LogP contribution in [0.25, 0.3) is 0 Å². The summed E-state index contributed by atoms with van der Waals surface area (Å²) in [5.74, 6) is 0.923. The highest BCUT2D eigenvalue weighted by Crippen LogP contribution is 2.26. The summed E-state index contributed by atoms with van der Waals surface area (Å²) in [7, 11) is 0. The van der Waals surface area contributed by atoms with Crippen molar-refractivity contribution in [2.75, 3.05) is 19.8 Å². The Balaban J connectivity index is 1.85. The van der Waals surface area contributed by atoms with E-state index in [-0.39, 0.29) is 17.9 Å². The third-order valence-corrected chi connectivity index (χ3v) is 3.72. The molecule has 118 valence electrons. The molecule has 0 aliphatic carbocycles. The summed E-state index contributed by atoms with van der Waals surface area (Å²) in [6.07, 6.45) is 1.58. The number of hydrogen-bond donors (Lipinski definition) is 1. The summed E-state index contributed by atoms with van der Waals surface area (Å²) < 4.78 is 11.1. The average molecular weight is 325 g/mol. The van der Waals surface area contributed by atoms with Gasteiger partial charge in [-0.3, -0.25) is 4.79 Å². The highest BCUT2D eigenvalue weighted by atomic mass is 35.5. The number of ether oxygens (including phenoxy) is 1. The molecule has 1 fully saturated rings. The molecule has 1 aliphatic heterocycles. The molecular formula is C14H17ClN4O3. The molecule has 3 rings (SSSR count). The van der Waals surface area contributed by atoms with E-state index in [0.29, 0.717) is 42.3 Å². The minimum Gasteiger partial charge on any atom is -0.423 e. The van der Waals surface area contributed by atoms with Gasteiger partial charge in [0.25, 0.3) is 5.91 Å². The predicted molar refractivity (Wildman–Crippen MR) is 78.8 cm³/mol. The Morgan fingerprint density at radius 3 is 2.95 bits per heavy atom. The molecule has 8 heteroatoms. The number of nitrogens with one attached hydrogen (secondary N) is 1. The van der Waals surface area contributed by atoms with E-state index in [1.807, 2.05) is 13.8 Å². The molecular weight excluding hydrogens is 308 g/mol. The topological polar surface area (TPSA) is 84.3 Å². The molecule has 0 bridgehead atoms.